The van der Waals surface area contributed by atoms with Gasteiger partial charge in [0.2, 0.25) is 0 Å². The van der Waals surface area contributed by atoms with Crippen LogP contribution in [-0.2, 0) is 0 Å². The summed E-state index contributed by atoms with van der Waals surface area (Å²) < 4.78 is 41.1. The molecule has 0 aliphatic carbocycles. The Morgan fingerprint density at radius 2 is 1.96 bits per heavy atom. The number of anilines is 1. The number of aliphatic imine (C=N–C) groups is 1. The van der Waals surface area contributed by atoms with Crippen LogP contribution in [0.15, 0.2) is 35.3 Å². The molecule has 1 fully saturated rings. The number of nitrogens with zero attached hydrogens (tertiary/aromatic N) is 2. The smallest absolute Gasteiger partial charge is 0.406 e. The topological polar surface area (TPSA) is 57.4 Å². The number of benzene rings is 2. The van der Waals surface area contributed by atoms with Crippen LogP contribution in [-0.4, -0.2) is 25.8 Å². The molecular formula is C19H14BClF3N3O. The Balaban J connectivity index is 1.74. The lowest BCUT2D eigenvalue weighted by Crippen LogP contribution is -2.28. The maximum Gasteiger partial charge on any atom is 0.573 e. The summed E-state index contributed by atoms with van der Waals surface area (Å²) in [4.78, 5) is 4.43. The van der Waals surface area contributed by atoms with E-state index in [4.69, 9.17) is 16.9 Å². The summed E-state index contributed by atoms with van der Waals surface area (Å²) in [6, 6.07) is 7.67. The highest BCUT2D eigenvalue weighted by Gasteiger charge is 2.36. The van der Waals surface area contributed by atoms with Gasteiger partial charge in [0.1, 0.15) is 11.4 Å². The third kappa shape index (κ3) is 3.54. The summed E-state index contributed by atoms with van der Waals surface area (Å²) in [5, 5.41) is 12.8. The first-order chi connectivity index (χ1) is 13.4. The molecule has 0 bridgehead atoms. The molecule has 0 radical (unpaired) electrons. The van der Waals surface area contributed by atoms with Crippen LogP contribution in [0.4, 0.5) is 24.5 Å². The van der Waals surface area contributed by atoms with Crippen LogP contribution in [0.25, 0.3) is 11.1 Å². The second-order valence-corrected chi connectivity index (χ2v) is 7.19. The predicted octanol–water partition coefficient (Wildman–Crippen LogP) is 5.69. The minimum atomic E-state index is -4.73. The largest absolute Gasteiger partial charge is 0.573 e. The number of nitriles is 1. The lowest BCUT2D eigenvalue weighted by molar-refractivity contribution is -0.274. The van der Waals surface area contributed by atoms with E-state index in [9.17, 15) is 13.2 Å². The Kier molecular flexibility index (Phi) is 4.72. The van der Waals surface area contributed by atoms with Crippen molar-refractivity contribution in [2.24, 2.45) is 4.99 Å². The number of fused-ring (bicyclic) bond motifs is 1. The van der Waals surface area contributed by atoms with E-state index in [2.05, 4.69) is 21.0 Å². The first-order valence-electron chi connectivity index (χ1n) is 8.74. The second-order valence-electron chi connectivity index (χ2n) is 6.81. The highest BCUT2D eigenvalue weighted by atomic mass is 35.5. The Labute approximate surface area is 165 Å². The van der Waals surface area contributed by atoms with Gasteiger partial charge < -0.3 is 10.1 Å². The maximum atomic E-state index is 12.4. The number of nitrogens with one attached hydrogen (secondary N) is 1. The van der Waals surface area contributed by atoms with Gasteiger partial charge in [-0.1, -0.05) is 36.4 Å². The normalized spacial score (nSPS) is 16.0. The number of rotatable bonds is 3. The molecule has 2 aromatic rings. The number of alkyl halides is 3. The van der Waals surface area contributed by atoms with Crippen molar-refractivity contribution in [3.05, 3.63) is 40.9 Å². The van der Waals surface area contributed by atoms with Crippen molar-refractivity contribution in [3.8, 4) is 22.8 Å². The van der Waals surface area contributed by atoms with Gasteiger partial charge >= 0.3 is 6.36 Å². The van der Waals surface area contributed by atoms with E-state index in [1.807, 2.05) is 6.07 Å². The van der Waals surface area contributed by atoms with E-state index >= 15 is 0 Å². The van der Waals surface area contributed by atoms with Gasteiger partial charge in [-0.05, 0) is 35.2 Å². The van der Waals surface area contributed by atoms with E-state index in [1.54, 1.807) is 18.3 Å². The van der Waals surface area contributed by atoms with Gasteiger partial charge in [0.05, 0.1) is 17.3 Å². The zero-order valence-electron chi connectivity index (χ0n) is 14.6. The molecule has 142 valence electrons. The van der Waals surface area contributed by atoms with Gasteiger partial charge in [0.15, 0.2) is 0 Å². The molecule has 28 heavy (non-hydrogen) atoms. The number of hydrogen-bond donors (Lipinski definition) is 1. The minimum absolute atomic E-state index is 0.0287. The quantitative estimate of drug-likeness (QED) is 0.670. The molecular weight excluding hydrogens is 389 g/mol. The Bertz CT molecular complexity index is 980. The van der Waals surface area contributed by atoms with Crippen LogP contribution >= 0.6 is 11.6 Å². The third-order valence-electron chi connectivity index (χ3n) is 5.02. The molecule has 1 N–H and O–H groups in total. The fraction of sp³-hybridized carbons (Fsp3) is 0.263. The van der Waals surface area contributed by atoms with Gasteiger partial charge in [-0.2, -0.15) is 0 Å². The highest BCUT2D eigenvalue weighted by Crippen LogP contribution is 2.50. The third-order valence-corrected chi connectivity index (χ3v) is 5.41. The van der Waals surface area contributed by atoms with Gasteiger partial charge in [-0.25, -0.2) is 5.26 Å². The summed E-state index contributed by atoms with van der Waals surface area (Å²) in [6.45, 7) is 0.561. The molecule has 9 heteroatoms. The summed E-state index contributed by atoms with van der Waals surface area (Å²) in [5.41, 5.74) is 3.82. The number of hydrogen-bond acceptors (Lipinski definition) is 4. The van der Waals surface area contributed by atoms with Crippen molar-refractivity contribution in [3.63, 3.8) is 0 Å². The van der Waals surface area contributed by atoms with Crippen LogP contribution in [0.2, 0.25) is 17.7 Å². The first kappa shape index (κ1) is 18.7. The fourth-order valence-corrected chi connectivity index (χ4v) is 3.94. The molecule has 0 saturated carbocycles. The van der Waals surface area contributed by atoms with Gasteiger partial charge in [0.25, 0.3) is 6.71 Å². The van der Waals surface area contributed by atoms with Crippen LogP contribution in [0.3, 0.4) is 0 Å². The van der Waals surface area contributed by atoms with Crippen LogP contribution in [0.5, 0.6) is 5.75 Å². The molecule has 2 heterocycles. The van der Waals surface area contributed by atoms with Gasteiger partial charge in [-0.3, -0.25) is 4.99 Å². The van der Waals surface area contributed by atoms with Crippen molar-refractivity contribution in [1.29, 1.82) is 5.26 Å². The predicted molar refractivity (Wildman–Crippen MR) is 104 cm³/mol. The van der Waals surface area contributed by atoms with E-state index in [-0.39, 0.29) is 18.4 Å². The van der Waals surface area contributed by atoms with E-state index < -0.39 is 6.36 Å². The summed E-state index contributed by atoms with van der Waals surface area (Å²) in [7, 11) is 0. The van der Waals surface area contributed by atoms with Crippen molar-refractivity contribution >= 4 is 35.9 Å². The lowest BCUT2D eigenvalue weighted by atomic mass is 9.32. The van der Waals surface area contributed by atoms with Gasteiger partial charge in [-0.15, -0.1) is 13.2 Å². The SMILES string of the molecule is N#CB1CC(c2cc(-c3ccc(OC(F)(F)F)cc3)c3c(c2Cl)N=CCN3)C1. The van der Waals surface area contributed by atoms with Crippen LogP contribution in [0.1, 0.15) is 11.5 Å². The highest BCUT2D eigenvalue weighted by molar-refractivity contribution is 6.70. The minimum Gasteiger partial charge on any atom is -0.406 e. The molecule has 0 amide bonds. The zero-order chi connectivity index (χ0) is 19.9. The van der Waals surface area contributed by atoms with Gasteiger partial charge in [0, 0.05) is 17.7 Å². The fourth-order valence-electron chi connectivity index (χ4n) is 3.59. The molecule has 4 nitrogen and oxygen atoms in total. The number of halogens is 4. The molecule has 0 aromatic heterocycles. The molecule has 4 rings (SSSR count). The zero-order valence-corrected chi connectivity index (χ0v) is 15.3. The van der Waals surface area contributed by atoms with Crippen molar-refractivity contribution in [1.82, 2.24) is 0 Å². The van der Waals surface area contributed by atoms with Crippen LogP contribution < -0.4 is 10.1 Å². The molecule has 2 aromatic carbocycles. The molecule has 0 spiro atoms. The van der Waals surface area contributed by atoms with E-state index in [0.29, 0.717) is 17.3 Å². The first-order valence-corrected chi connectivity index (χ1v) is 9.12. The average molecular weight is 404 g/mol. The Morgan fingerprint density at radius 3 is 2.61 bits per heavy atom. The van der Waals surface area contributed by atoms with Crippen molar-refractivity contribution < 1.29 is 17.9 Å². The van der Waals surface area contributed by atoms with E-state index in [0.717, 1.165) is 35.0 Å². The van der Waals surface area contributed by atoms with Crippen molar-refractivity contribution in [2.75, 3.05) is 11.9 Å². The molecule has 2 aliphatic rings. The van der Waals surface area contributed by atoms with Crippen LogP contribution in [0, 0.1) is 11.2 Å². The molecule has 2 aliphatic heterocycles. The monoisotopic (exact) mass is 403 g/mol. The summed E-state index contributed by atoms with van der Waals surface area (Å²) >= 11 is 6.60. The second kappa shape index (κ2) is 7.06. The Hall–Kier alpha value is -2.66. The molecule has 1 saturated heterocycles. The summed E-state index contributed by atoms with van der Waals surface area (Å²) in [5.74, 6) is 2.16. The summed E-state index contributed by atoms with van der Waals surface area (Å²) in [6.07, 6.45) is -1.53. The standard InChI is InChI=1S/C19H14BClF3N3O/c21-16-14(12-8-20(9-12)10-25)7-15(17-18(16)27-6-5-26-17)11-1-3-13(4-2-11)28-19(22,23)24/h1-4,6-7,12,26H,5,8-9H2. The average Bonchev–Trinajstić information content (AvgIpc) is 2.62. The maximum absolute atomic E-state index is 12.4. The molecule has 0 unspecified atom stereocenters. The van der Waals surface area contributed by atoms with E-state index in [1.165, 1.54) is 12.1 Å². The molecule has 0 atom stereocenters. The Morgan fingerprint density at radius 1 is 1.25 bits per heavy atom. The lowest BCUT2D eigenvalue weighted by Gasteiger charge is -2.31. The van der Waals surface area contributed by atoms with Crippen molar-refractivity contribution in [2.45, 2.75) is 24.9 Å². The number of ether oxygens (including phenoxy) is 1.